The van der Waals surface area contributed by atoms with Gasteiger partial charge in [-0.2, -0.15) is 26.3 Å². The van der Waals surface area contributed by atoms with E-state index in [1.165, 1.54) is 24.3 Å². The molecule has 1 N–H and O–H groups in total. The molecule has 3 aromatic rings. The average molecular weight is 473 g/mol. The van der Waals surface area contributed by atoms with Crippen molar-refractivity contribution in [1.29, 1.82) is 0 Å². The third kappa shape index (κ3) is 6.61. The molecule has 33 heavy (non-hydrogen) atoms. The van der Waals surface area contributed by atoms with Gasteiger partial charge in [0.05, 0.1) is 12.1 Å². The molecule has 1 atom stereocenters. The van der Waals surface area contributed by atoms with Crippen LogP contribution >= 0.6 is 0 Å². The summed E-state index contributed by atoms with van der Waals surface area (Å²) >= 11 is 0. The number of anilines is 1. The molecule has 0 aromatic heterocycles. The Balaban J connectivity index is 1.95. The normalized spacial score (nSPS) is 13.0. The molecule has 3 nitrogen and oxygen atoms in total. The van der Waals surface area contributed by atoms with Crippen molar-refractivity contribution in [3.8, 4) is 11.5 Å². The Hall–Kier alpha value is -3.27. The van der Waals surface area contributed by atoms with Crippen LogP contribution in [0.25, 0.3) is 0 Å². The van der Waals surface area contributed by atoms with E-state index in [1.54, 1.807) is 30.3 Å². The van der Waals surface area contributed by atoms with Crippen molar-refractivity contribution in [3.63, 3.8) is 0 Å². The maximum absolute atomic E-state index is 14.3. The summed E-state index contributed by atoms with van der Waals surface area (Å²) in [7, 11) is 0. The zero-order valence-corrected chi connectivity index (χ0v) is 16.9. The van der Waals surface area contributed by atoms with E-state index in [1.807, 2.05) is 0 Å². The Bertz CT molecular complexity index is 1070. The van der Waals surface area contributed by atoms with E-state index in [4.69, 9.17) is 4.74 Å². The molecule has 176 valence electrons. The molecule has 0 aliphatic rings. The standard InChI is InChI=1S/C23H18F7NO2/c24-20-10-9-16(22(25,26)27)11-15(20)13-31(14-21(32)23(28,29)30)17-5-4-8-19(12-17)33-18-6-2-1-3-7-18/h1-12,21,32H,13-14H2. The van der Waals surface area contributed by atoms with Crippen molar-refractivity contribution in [2.24, 2.45) is 0 Å². The monoisotopic (exact) mass is 473 g/mol. The SMILES string of the molecule is OC(CN(Cc1cc(C(F)(F)F)ccc1F)c1cccc(Oc2ccccc2)c1)C(F)(F)F. The highest BCUT2D eigenvalue weighted by Gasteiger charge is 2.39. The topological polar surface area (TPSA) is 32.7 Å². The van der Waals surface area contributed by atoms with Crippen LogP contribution in [0.3, 0.4) is 0 Å². The van der Waals surface area contributed by atoms with Gasteiger partial charge in [-0.3, -0.25) is 0 Å². The molecule has 0 amide bonds. The third-order valence-corrected chi connectivity index (χ3v) is 4.67. The van der Waals surface area contributed by atoms with Crippen LogP contribution in [0.1, 0.15) is 11.1 Å². The summed E-state index contributed by atoms with van der Waals surface area (Å²) in [6.45, 7) is -1.69. The van der Waals surface area contributed by atoms with E-state index >= 15 is 0 Å². The van der Waals surface area contributed by atoms with Gasteiger partial charge in [0.1, 0.15) is 17.3 Å². The Labute approximate surface area is 184 Å². The predicted octanol–water partition coefficient (Wildman–Crippen LogP) is 6.57. The van der Waals surface area contributed by atoms with Gasteiger partial charge in [0.25, 0.3) is 0 Å². The Morgan fingerprint density at radius 2 is 1.48 bits per heavy atom. The molecule has 0 fully saturated rings. The molecule has 3 aromatic carbocycles. The Morgan fingerprint density at radius 1 is 0.818 bits per heavy atom. The highest BCUT2D eigenvalue weighted by Crippen LogP contribution is 2.33. The minimum absolute atomic E-state index is 0.0866. The second kappa shape index (κ2) is 9.70. The lowest BCUT2D eigenvalue weighted by molar-refractivity contribution is -0.200. The van der Waals surface area contributed by atoms with Gasteiger partial charge in [-0.1, -0.05) is 24.3 Å². The molecule has 0 radical (unpaired) electrons. The first-order valence-electron chi connectivity index (χ1n) is 9.62. The van der Waals surface area contributed by atoms with Crippen LogP contribution < -0.4 is 9.64 Å². The molecule has 3 rings (SSSR count). The molecular formula is C23H18F7NO2. The van der Waals surface area contributed by atoms with Crippen LogP contribution in [-0.4, -0.2) is 23.9 Å². The summed E-state index contributed by atoms with van der Waals surface area (Å²) in [6.07, 6.45) is -12.6. The zero-order valence-electron chi connectivity index (χ0n) is 16.9. The largest absolute Gasteiger partial charge is 0.457 e. The Kier molecular flexibility index (Phi) is 7.16. The number of aliphatic hydroxyl groups excluding tert-OH is 1. The minimum atomic E-state index is -4.98. The quantitative estimate of drug-likeness (QED) is 0.394. The Morgan fingerprint density at radius 3 is 2.12 bits per heavy atom. The number of ether oxygens (including phenoxy) is 1. The molecule has 1 unspecified atom stereocenters. The van der Waals surface area contributed by atoms with E-state index < -0.39 is 48.5 Å². The fourth-order valence-corrected chi connectivity index (χ4v) is 3.02. The van der Waals surface area contributed by atoms with Crippen LogP contribution in [0.15, 0.2) is 72.8 Å². The molecule has 0 bridgehead atoms. The minimum Gasteiger partial charge on any atom is -0.457 e. The molecule has 0 saturated carbocycles. The first-order valence-corrected chi connectivity index (χ1v) is 9.62. The lowest BCUT2D eigenvalue weighted by Gasteiger charge is -2.29. The fraction of sp³-hybridized carbons (Fsp3) is 0.217. The number of aliphatic hydroxyl groups is 1. The maximum atomic E-state index is 14.3. The molecule has 0 spiro atoms. The number of hydrogen-bond acceptors (Lipinski definition) is 3. The highest BCUT2D eigenvalue weighted by molar-refractivity contribution is 5.52. The number of benzene rings is 3. The smallest absolute Gasteiger partial charge is 0.416 e. The van der Waals surface area contributed by atoms with E-state index in [9.17, 15) is 35.8 Å². The first kappa shape index (κ1) is 24.4. The second-order valence-corrected chi connectivity index (χ2v) is 7.15. The highest BCUT2D eigenvalue weighted by atomic mass is 19.4. The summed E-state index contributed by atoms with van der Waals surface area (Å²) in [6, 6.07) is 15.9. The molecule has 0 heterocycles. The van der Waals surface area contributed by atoms with Crippen LogP contribution in [0.4, 0.5) is 36.4 Å². The lowest BCUT2D eigenvalue weighted by Crippen LogP contribution is -2.41. The van der Waals surface area contributed by atoms with Crippen LogP contribution in [0.5, 0.6) is 11.5 Å². The number of nitrogens with zero attached hydrogens (tertiary/aromatic N) is 1. The maximum Gasteiger partial charge on any atom is 0.416 e. The van der Waals surface area contributed by atoms with Crippen LogP contribution in [0.2, 0.25) is 0 Å². The summed E-state index contributed by atoms with van der Waals surface area (Å²) in [4.78, 5) is 0.939. The number of hydrogen-bond donors (Lipinski definition) is 1. The summed E-state index contributed by atoms with van der Waals surface area (Å²) in [5.74, 6) is -0.346. The third-order valence-electron chi connectivity index (χ3n) is 4.67. The number of halogens is 7. The van der Waals surface area contributed by atoms with Gasteiger partial charge in [0, 0.05) is 23.9 Å². The van der Waals surface area contributed by atoms with E-state index in [0.717, 1.165) is 4.90 Å². The van der Waals surface area contributed by atoms with Crippen molar-refractivity contribution < 1.29 is 40.6 Å². The van der Waals surface area contributed by atoms with E-state index in [2.05, 4.69) is 0 Å². The first-order chi connectivity index (χ1) is 15.4. The average Bonchev–Trinajstić information content (AvgIpc) is 2.74. The summed E-state index contributed by atoms with van der Waals surface area (Å²) in [5, 5.41) is 9.58. The van der Waals surface area contributed by atoms with E-state index in [0.29, 0.717) is 23.9 Å². The van der Waals surface area contributed by atoms with Gasteiger partial charge < -0.3 is 14.7 Å². The molecule has 10 heteroatoms. The molecular weight excluding hydrogens is 455 g/mol. The van der Waals surface area contributed by atoms with Crippen molar-refractivity contribution in [3.05, 3.63) is 89.7 Å². The van der Waals surface area contributed by atoms with Gasteiger partial charge in [-0.25, -0.2) is 4.39 Å². The van der Waals surface area contributed by atoms with Gasteiger partial charge >= 0.3 is 12.4 Å². The fourth-order valence-electron chi connectivity index (χ4n) is 3.02. The second-order valence-electron chi connectivity index (χ2n) is 7.15. The van der Waals surface area contributed by atoms with E-state index in [-0.39, 0.29) is 11.4 Å². The molecule has 0 aliphatic heterocycles. The van der Waals surface area contributed by atoms with Crippen molar-refractivity contribution in [1.82, 2.24) is 0 Å². The number of rotatable bonds is 7. The van der Waals surface area contributed by atoms with Gasteiger partial charge in [0.2, 0.25) is 0 Å². The number of alkyl halides is 6. The number of para-hydroxylation sites is 1. The zero-order chi connectivity index (χ0) is 24.2. The molecule has 0 aliphatic carbocycles. The lowest BCUT2D eigenvalue weighted by atomic mass is 10.1. The summed E-state index contributed by atoms with van der Waals surface area (Å²) in [5.41, 5.74) is -1.53. The van der Waals surface area contributed by atoms with Gasteiger partial charge in [-0.05, 0) is 42.5 Å². The van der Waals surface area contributed by atoms with Crippen molar-refractivity contribution in [2.75, 3.05) is 11.4 Å². The molecule has 0 saturated heterocycles. The van der Waals surface area contributed by atoms with Crippen LogP contribution in [-0.2, 0) is 12.7 Å². The van der Waals surface area contributed by atoms with Gasteiger partial charge in [-0.15, -0.1) is 0 Å². The van der Waals surface area contributed by atoms with Crippen molar-refractivity contribution in [2.45, 2.75) is 25.0 Å². The van der Waals surface area contributed by atoms with Crippen LogP contribution in [0, 0.1) is 5.82 Å². The summed E-state index contributed by atoms with van der Waals surface area (Å²) < 4.78 is 98.1. The van der Waals surface area contributed by atoms with Crippen molar-refractivity contribution >= 4 is 5.69 Å². The predicted molar refractivity (Wildman–Crippen MR) is 107 cm³/mol. The van der Waals surface area contributed by atoms with Gasteiger partial charge in [0.15, 0.2) is 6.10 Å².